The van der Waals surface area contributed by atoms with E-state index in [1.54, 1.807) is 18.2 Å². The van der Waals surface area contributed by atoms with Crippen LogP contribution >= 0.6 is 15.9 Å². The molecule has 5 nitrogen and oxygen atoms in total. The summed E-state index contributed by atoms with van der Waals surface area (Å²) in [6.07, 6.45) is 1.35. The standard InChI is InChI=1S/C19H21BrN2O3S/c1-2-12-25-18-14-16(8-9-17(18)20)26(23,24)22-11-10-21-19(22)13-15-6-4-3-5-7-15/h3-9,14H,2,10-13H2,1H3. The van der Waals surface area contributed by atoms with Gasteiger partial charge in [0, 0.05) is 12.5 Å². The molecule has 0 bridgehead atoms. The Labute approximate surface area is 162 Å². The Morgan fingerprint density at radius 1 is 1.19 bits per heavy atom. The Balaban J connectivity index is 1.86. The summed E-state index contributed by atoms with van der Waals surface area (Å²) in [6.45, 7) is 3.39. The third-order valence-corrected chi connectivity index (χ3v) is 6.52. The molecule has 0 N–H and O–H groups in total. The Bertz CT molecular complexity index is 898. The minimum absolute atomic E-state index is 0.217. The lowest BCUT2D eigenvalue weighted by Gasteiger charge is -2.21. The van der Waals surface area contributed by atoms with Crippen LogP contribution in [-0.4, -0.2) is 38.3 Å². The average molecular weight is 437 g/mol. The molecule has 0 atom stereocenters. The maximum atomic E-state index is 13.1. The lowest BCUT2D eigenvalue weighted by molar-refractivity contribution is 0.314. The molecule has 1 aliphatic rings. The van der Waals surface area contributed by atoms with Gasteiger partial charge in [-0.15, -0.1) is 0 Å². The van der Waals surface area contributed by atoms with Crippen LogP contribution in [0.2, 0.25) is 0 Å². The molecule has 0 unspecified atom stereocenters. The van der Waals surface area contributed by atoms with Gasteiger partial charge in [-0.05, 0) is 40.0 Å². The van der Waals surface area contributed by atoms with Gasteiger partial charge in [-0.2, -0.15) is 0 Å². The van der Waals surface area contributed by atoms with Crippen molar-refractivity contribution < 1.29 is 13.2 Å². The first-order valence-electron chi connectivity index (χ1n) is 8.54. The third-order valence-electron chi connectivity index (χ3n) is 4.04. The van der Waals surface area contributed by atoms with Crippen LogP contribution in [0.1, 0.15) is 18.9 Å². The van der Waals surface area contributed by atoms with E-state index in [2.05, 4.69) is 20.9 Å². The zero-order valence-corrected chi connectivity index (χ0v) is 17.0. The highest BCUT2D eigenvalue weighted by Crippen LogP contribution is 2.30. The van der Waals surface area contributed by atoms with Gasteiger partial charge in [0.1, 0.15) is 11.6 Å². The van der Waals surface area contributed by atoms with Gasteiger partial charge in [0.2, 0.25) is 0 Å². The van der Waals surface area contributed by atoms with Crippen molar-refractivity contribution >= 4 is 31.8 Å². The molecule has 2 aromatic rings. The number of hydrogen-bond acceptors (Lipinski definition) is 4. The van der Waals surface area contributed by atoms with Crippen molar-refractivity contribution in [2.24, 2.45) is 4.99 Å². The summed E-state index contributed by atoms with van der Waals surface area (Å²) in [6, 6.07) is 14.6. The van der Waals surface area contributed by atoms with E-state index >= 15 is 0 Å². The molecular weight excluding hydrogens is 416 g/mol. The SMILES string of the molecule is CCCOc1cc(S(=O)(=O)N2CCN=C2Cc2ccccc2)ccc1Br. The van der Waals surface area contributed by atoms with E-state index in [1.165, 1.54) is 4.31 Å². The van der Waals surface area contributed by atoms with Crippen LogP contribution in [0.5, 0.6) is 5.75 Å². The van der Waals surface area contributed by atoms with Crippen LogP contribution in [-0.2, 0) is 16.4 Å². The topological polar surface area (TPSA) is 59.0 Å². The molecule has 0 amide bonds. The van der Waals surface area contributed by atoms with Crippen LogP contribution in [0.15, 0.2) is 62.9 Å². The zero-order chi connectivity index (χ0) is 18.6. The molecule has 0 aromatic heterocycles. The molecule has 0 fully saturated rings. The first-order chi connectivity index (χ1) is 12.5. The highest BCUT2D eigenvalue weighted by atomic mass is 79.9. The van der Waals surface area contributed by atoms with Crippen LogP contribution in [0.3, 0.4) is 0 Å². The van der Waals surface area contributed by atoms with Crippen molar-refractivity contribution in [3.8, 4) is 5.75 Å². The van der Waals surface area contributed by atoms with Crippen molar-refractivity contribution in [2.75, 3.05) is 19.7 Å². The highest BCUT2D eigenvalue weighted by Gasteiger charge is 2.31. The van der Waals surface area contributed by atoms with Crippen molar-refractivity contribution in [1.82, 2.24) is 4.31 Å². The van der Waals surface area contributed by atoms with E-state index in [9.17, 15) is 8.42 Å². The van der Waals surface area contributed by atoms with E-state index in [0.717, 1.165) is 16.5 Å². The highest BCUT2D eigenvalue weighted by molar-refractivity contribution is 9.10. The number of ether oxygens (including phenoxy) is 1. The van der Waals surface area contributed by atoms with Crippen molar-refractivity contribution in [3.63, 3.8) is 0 Å². The molecule has 0 aliphatic carbocycles. The fraction of sp³-hybridized carbons (Fsp3) is 0.316. The smallest absolute Gasteiger partial charge is 0.265 e. The lowest BCUT2D eigenvalue weighted by Crippen LogP contribution is -2.35. The van der Waals surface area contributed by atoms with Gasteiger partial charge in [0.25, 0.3) is 10.0 Å². The van der Waals surface area contributed by atoms with Crippen molar-refractivity contribution in [1.29, 1.82) is 0 Å². The first-order valence-corrected chi connectivity index (χ1v) is 10.8. The maximum absolute atomic E-state index is 13.1. The normalized spacial score (nSPS) is 14.4. The summed E-state index contributed by atoms with van der Waals surface area (Å²) in [7, 11) is -3.67. The Hall–Kier alpha value is -1.86. The lowest BCUT2D eigenvalue weighted by atomic mass is 10.1. The fourth-order valence-electron chi connectivity index (χ4n) is 2.75. The second-order valence-electron chi connectivity index (χ2n) is 5.98. The molecule has 0 radical (unpaired) electrons. The van der Waals surface area contributed by atoms with Gasteiger partial charge in [-0.1, -0.05) is 37.3 Å². The first kappa shape index (κ1) is 18.9. The predicted octanol–water partition coefficient (Wildman–Crippen LogP) is 3.88. The minimum atomic E-state index is -3.67. The van der Waals surface area contributed by atoms with Crippen LogP contribution in [0, 0.1) is 0 Å². The molecule has 1 heterocycles. The predicted molar refractivity (Wildman–Crippen MR) is 106 cm³/mol. The van der Waals surface area contributed by atoms with Gasteiger partial charge in [0.05, 0.1) is 29.1 Å². The maximum Gasteiger partial charge on any atom is 0.265 e. The third kappa shape index (κ3) is 4.10. The summed E-state index contributed by atoms with van der Waals surface area (Å²) < 4.78 is 34.1. The average Bonchev–Trinajstić information content (AvgIpc) is 3.10. The van der Waals surface area contributed by atoms with Crippen molar-refractivity contribution in [2.45, 2.75) is 24.7 Å². The molecule has 138 valence electrons. The van der Waals surface area contributed by atoms with Gasteiger partial charge >= 0.3 is 0 Å². The van der Waals surface area contributed by atoms with Crippen LogP contribution < -0.4 is 4.74 Å². The molecule has 3 rings (SSSR count). The monoisotopic (exact) mass is 436 g/mol. The number of aliphatic imine (C=N–C) groups is 1. The molecule has 0 spiro atoms. The van der Waals surface area contributed by atoms with Crippen molar-refractivity contribution in [3.05, 3.63) is 58.6 Å². The second kappa shape index (κ2) is 8.22. The number of nitrogens with zero attached hydrogens (tertiary/aromatic N) is 2. The van der Waals surface area contributed by atoms with E-state index in [1.807, 2.05) is 37.3 Å². The Morgan fingerprint density at radius 2 is 1.96 bits per heavy atom. The van der Waals surface area contributed by atoms with E-state index < -0.39 is 10.0 Å². The molecular formula is C19H21BrN2O3S. The Kier molecular flexibility index (Phi) is 5.98. The number of hydrogen-bond donors (Lipinski definition) is 0. The van der Waals surface area contributed by atoms with E-state index in [-0.39, 0.29) is 4.90 Å². The van der Waals surface area contributed by atoms with Gasteiger partial charge in [0.15, 0.2) is 0 Å². The fourth-order valence-corrected chi connectivity index (χ4v) is 4.59. The van der Waals surface area contributed by atoms with Gasteiger partial charge < -0.3 is 4.74 Å². The van der Waals surface area contributed by atoms with Gasteiger partial charge in [-0.25, -0.2) is 8.42 Å². The molecule has 26 heavy (non-hydrogen) atoms. The molecule has 7 heteroatoms. The molecule has 0 saturated heterocycles. The second-order valence-corrected chi connectivity index (χ2v) is 8.69. The number of amidine groups is 1. The zero-order valence-electron chi connectivity index (χ0n) is 14.6. The van der Waals surface area contributed by atoms with Crippen LogP contribution in [0.25, 0.3) is 0 Å². The summed E-state index contributed by atoms with van der Waals surface area (Å²) in [5.41, 5.74) is 1.04. The van der Waals surface area contributed by atoms with Crippen LogP contribution in [0.4, 0.5) is 0 Å². The largest absolute Gasteiger partial charge is 0.492 e. The van der Waals surface area contributed by atoms with Gasteiger partial charge in [-0.3, -0.25) is 9.30 Å². The summed E-state index contributed by atoms with van der Waals surface area (Å²) >= 11 is 3.41. The summed E-state index contributed by atoms with van der Waals surface area (Å²) in [4.78, 5) is 4.63. The van der Waals surface area contributed by atoms with E-state index in [0.29, 0.717) is 37.7 Å². The Morgan fingerprint density at radius 3 is 2.69 bits per heavy atom. The number of rotatable bonds is 7. The number of benzene rings is 2. The molecule has 0 saturated carbocycles. The molecule has 2 aromatic carbocycles. The van der Waals surface area contributed by atoms with E-state index in [4.69, 9.17) is 4.74 Å². The number of halogens is 1. The summed E-state index contributed by atoms with van der Waals surface area (Å²) in [5, 5.41) is 0. The summed E-state index contributed by atoms with van der Waals surface area (Å²) in [5.74, 6) is 1.11. The minimum Gasteiger partial charge on any atom is -0.492 e. The quantitative estimate of drug-likeness (QED) is 0.661. The number of sulfonamides is 1. The molecule has 1 aliphatic heterocycles.